The van der Waals surface area contributed by atoms with Gasteiger partial charge in [0, 0.05) is 9.92 Å². The Morgan fingerprint density at radius 2 is 1.91 bits per heavy atom. The van der Waals surface area contributed by atoms with Gasteiger partial charge in [-0.1, -0.05) is 23.2 Å². The van der Waals surface area contributed by atoms with Gasteiger partial charge < -0.3 is 0 Å². The molecule has 0 radical (unpaired) electrons. The third kappa shape index (κ3) is 3.84. The van der Waals surface area contributed by atoms with Crippen molar-refractivity contribution < 1.29 is 12.8 Å². The van der Waals surface area contributed by atoms with Gasteiger partial charge in [-0.2, -0.15) is 5.26 Å². The lowest BCUT2D eigenvalue weighted by atomic mass is 10.3. The number of hydrogen-bond donors (Lipinski definition) is 1. The van der Waals surface area contributed by atoms with Crippen LogP contribution in [0, 0.1) is 16.5 Å². The fraction of sp³-hybridized carbons (Fsp3) is 0. The maximum Gasteiger partial charge on any atom is 0.263 e. The van der Waals surface area contributed by atoms with Crippen LogP contribution < -0.4 is 4.72 Å². The van der Waals surface area contributed by atoms with E-state index in [1.807, 2.05) is 0 Å². The molecule has 0 spiro atoms. The van der Waals surface area contributed by atoms with Crippen LogP contribution in [0.3, 0.4) is 0 Å². The number of thioether (sulfide) groups is 1. The molecule has 22 heavy (non-hydrogen) atoms. The summed E-state index contributed by atoms with van der Waals surface area (Å²) in [5.41, 5.74) is -0.252. The van der Waals surface area contributed by atoms with Crippen LogP contribution in [0.4, 0.5) is 10.1 Å². The zero-order chi connectivity index (χ0) is 16.3. The minimum atomic E-state index is -4.09. The summed E-state index contributed by atoms with van der Waals surface area (Å²) in [7, 11) is -4.09. The van der Waals surface area contributed by atoms with Crippen LogP contribution in [0.1, 0.15) is 0 Å². The third-order valence-electron chi connectivity index (χ3n) is 2.53. The molecule has 2 aromatic carbocycles. The van der Waals surface area contributed by atoms with Crippen LogP contribution >= 0.6 is 35.0 Å². The number of nitriles is 1. The van der Waals surface area contributed by atoms with E-state index in [9.17, 15) is 12.8 Å². The molecule has 9 heteroatoms. The Labute approximate surface area is 140 Å². The summed E-state index contributed by atoms with van der Waals surface area (Å²) in [6, 6.07) is 7.66. The van der Waals surface area contributed by atoms with E-state index in [4.69, 9.17) is 28.5 Å². The molecule has 2 aromatic rings. The number of rotatable bonds is 4. The fourth-order valence-electron chi connectivity index (χ4n) is 1.58. The SMILES string of the molecule is N#CSc1ccc(NS(=O)(=O)c2cc(Cl)ccc2Cl)c(F)c1. The molecule has 0 atom stereocenters. The second-order valence-corrected chi connectivity index (χ2v) is 7.37. The standard InChI is InChI=1S/C13H7Cl2FN2O2S2/c14-8-1-3-10(15)13(5-8)22(19,20)18-12-4-2-9(21-7-17)6-11(12)16/h1-6,18H. The van der Waals surface area contributed by atoms with Gasteiger partial charge >= 0.3 is 0 Å². The van der Waals surface area contributed by atoms with E-state index in [1.54, 1.807) is 5.40 Å². The van der Waals surface area contributed by atoms with Gasteiger partial charge in [-0.15, -0.1) is 0 Å². The van der Waals surface area contributed by atoms with Crippen LogP contribution in [0.25, 0.3) is 0 Å². The largest absolute Gasteiger partial charge is 0.277 e. The molecular weight excluding hydrogens is 370 g/mol. The van der Waals surface area contributed by atoms with Crippen LogP contribution in [0.15, 0.2) is 46.2 Å². The lowest BCUT2D eigenvalue weighted by Gasteiger charge is -2.11. The minimum absolute atomic E-state index is 0.0334. The molecule has 0 aromatic heterocycles. The average molecular weight is 377 g/mol. The second-order valence-electron chi connectivity index (χ2n) is 4.02. The Hall–Kier alpha value is -1.46. The molecule has 0 aliphatic carbocycles. The number of sulfonamides is 1. The van der Waals surface area contributed by atoms with Gasteiger partial charge in [0.1, 0.15) is 16.1 Å². The summed E-state index contributed by atoms with van der Waals surface area (Å²) < 4.78 is 40.5. The van der Waals surface area contributed by atoms with Crippen molar-refractivity contribution in [3.05, 3.63) is 52.3 Å². The van der Waals surface area contributed by atoms with Crippen molar-refractivity contribution in [3.63, 3.8) is 0 Å². The zero-order valence-electron chi connectivity index (χ0n) is 10.7. The van der Waals surface area contributed by atoms with Gasteiger partial charge in [0.15, 0.2) is 0 Å². The van der Waals surface area contributed by atoms with Crippen molar-refractivity contribution in [2.24, 2.45) is 0 Å². The summed E-state index contributed by atoms with van der Waals surface area (Å²) >= 11 is 12.4. The van der Waals surface area contributed by atoms with E-state index in [1.165, 1.54) is 30.3 Å². The normalized spacial score (nSPS) is 11.0. The molecule has 0 aliphatic rings. The van der Waals surface area contributed by atoms with E-state index in [-0.39, 0.29) is 20.6 Å². The maximum absolute atomic E-state index is 13.9. The molecule has 0 saturated carbocycles. The highest BCUT2D eigenvalue weighted by atomic mass is 35.5. The number of nitrogens with zero attached hydrogens (tertiary/aromatic N) is 1. The summed E-state index contributed by atoms with van der Waals surface area (Å²) in [6.07, 6.45) is 0. The maximum atomic E-state index is 13.9. The van der Waals surface area contributed by atoms with E-state index in [0.29, 0.717) is 4.90 Å². The second kappa shape index (κ2) is 6.75. The topological polar surface area (TPSA) is 70.0 Å². The minimum Gasteiger partial charge on any atom is -0.277 e. The highest BCUT2D eigenvalue weighted by Crippen LogP contribution is 2.29. The summed E-state index contributed by atoms with van der Waals surface area (Å²) in [4.78, 5) is 0.111. The Morgan fingerprint density at radius 3 is 2.55 bits per heavy atom. The van der Waals surface area contributed by atoms with Crippen LogP contribution in [-0.2, 0) is 10.0 Å². The highest BCUT2D eigenvalue weighted by molar-refractivity contribution is 8.03. The fourth-order valence-corrected chi connectivity index (χ4v) is 3.81. The first-order chi connectivity index (χ1) is 10.3. The molecular formula is C13H7Cl2FN2O2S2. The van der Waals surface area contributed by atoms with Gasteiger partial charge in [0.25, 0.3) is 10.0 Å². The van der Waals surface area contributed by atoms with Crippen LogP contribution in [-0.4, -0.2) is 8.42 Å². The monoisotopic (exact) mass is 376 g/mol. The smallest absolute Gasteiger partial charge is 0.263 e. The van der Waals surface area contributed by atoms with Gasteiger partial charge in [-0.3, -0.25) is 4.72 Å². The van der Waals surface area contributed by atoms with Crippen molar-refractivity contribution >= 4 is 50.7 Å². The Bertz CT molecular complexity index is 867. The molecule has 0 fully saturated rings. The molecule has 0 heterocycles. The molecule has 1 N–H and O–H groups in total. The van der Waals surface area contributed by atoms with E-state index in [0.717, 1.165) is 17.8 Å². The van der Waals surface area contributed by atoms with Crippen molar-refractivity contribution in [1.82, 2.24) is 0 Å². The highest BCUT2D eigenvalue weighted by Gasteiger charge is 2.20. The van der Waals surface area contributed by atoms with Crippen LogP contribution in [0.2, 0.25) is 10.0 Å². The third-order valence-corrected chi connectivity index (χ3v) is 5.19. The molecule has 0 amide bonds. The summed E-state index contributed by atoms with van der Waals surface area (Å²) in [5.74, 6) is -0.804. The number of halogens is 3. The number of nitrogens with one attached hydrogen (secondary N) is 1. The number of anilines is 1. The lowest BCUT2D eigenvalue weighted by Crippen LogP contribution is -2.14. The molecule has 4 nitrogen and oxygen atoms in total. The van der Waals surface area contributed by atoms with Gasteiger partial charge in [-0.05, 0) is 48.2 Å². The van der Waals surface area contributed by atoms with Crippen LogP contribution in [0.5, 0.6) is 0 Å². The average Bonchev–Trinajstić information content (AvgIpc) is 2.44. The van der Waals surface area contributed by atoms with Crippen molar-refractivity contribution in [2.75, 3.05) is 4.72 Å². The lowest BCUT2D eigenvalue weighted by molar-refractivity contribution is 0.598. The van der Waals surface area contributed by atoms with Gasteiger partial charge in [-0.25, -0.2) is 12.8 Å². The van der Waals surface area contributed by atoms with E-state index >= 15 is 0 Å². The molecule has 114 valence electrons. The summed E-state index contributed by atoms with van der Waals surface area (Å²) in [5, 5.41) is 10.5. The molecule has 0 saturated heterocycles. The molecule has 2 rings (SSSR count). The Kier molecular flexibility index (Phi) is 5.19. The Balaban J connectivity index is 2.37. The van der Waals surface area contributed by atoms with Gasteiger partial charge in [0.05, 0.1) is 10.7 Å². The van der Waals surface area contributed by atoms with Crippen molar-refractivity contribution in [2.45, 2.75) is 9.79 Å². The number of hydrogen-bond acceptors (Lipinski definition) is 4. The van der Waals surface area contributed by atoms with E-state index < -0.39 is 15.8 Å². The van der Waals surface area contributed by atoms with Gasteiger partial charge in [0.2, 0.25) is 0 Å². The Morgan fingerprint density at radius 1 is 1.18 bits per heavy atom. The predicted molar refractivity (Wildman–Crippen MR) is 85.1 cm³/mol. The summed E-state index contributed by atoms with van der Waals surface area (Å²) in [6.45, 7) is 0. The first-order valence-corrected chi connectivity index (χ1v) is 8.72. The quantitative estimate of drug-likeness (QED) is 0.629. The predicted octanol–water partition coefficient (Wildman–Crippen LogP) is 4.51. The number of thiocyanates is 1. The first-order valence-electron chi connectivity index (χ1n) is 5.67. The molecule has 0 unspecified atom stereocenters. The van der Waals surface area contributed by atoms with E-state index in [2.05, 4.69) is 4.72 Å². The first kappa shape index (κ1) is 16.9. The van der Waals surface area contributed by atoms with Crippen molar-refractivity contribution in [1.29, 1.82) is 5.26 Å². The molecule has 0 bridgehead atoms. The zero-order valence-corrected chi connectivity index (χ0v) is 13.8. The molecule has 0 aliphatic heterocycles. The number of benzene rings is 2. The van der Waals surface area contributed by atoms with Crippen molar-refractivity contribution in [3.8, 4) is 5.40 Å².